The Labute approximate surface area is 145 Å². The molecule has 3 aromatic rings. The number of hydrogen-bond donors (Lipinski definition) is 2. The van der Waals surface area contributed by atoms with Gasteiger partial charge in [0.25, 0.3) is 0 Å². The van der Waals surface area contributed by atoms with E-state index in [1.165, 1.54) is 0 Å². The van der Waals surface area contributed by atoms with E-state index in [0.29, 0.717) is 5.57 Å². The Hall–Kier alpha value is -2.40. The highest BCUT2D eigenvalue weighted by Gasteiger charge is 2.22. The van der Waals surface area contributed by atoms with E-state index in [0.717, 1.165) is 21.7 Å². The van der Waals surface area contributed by atoms with E-state index in [4.69, 9.17) is 0 Å². The van der Waals surface area contributed by atoms with Crippen LogP contribution < -0.4 is 5.32 Å². The van der Waals surface area contributed by atoms with Gasteiger partial charge in [0, 0.05) is 10.5 Å². The average molecular weight is 339 g/mol. The number of carbonyl (C=O) groups is 1. The summed E-state index contributed by atoms with van der Waals surface area (Å²) in [5, 5.41) is 5.11. The summed E-state index contributed by atoms with van der Waals surface area (Å²) >= 11 is 1.62. The van der Waals surface area contributed by atoms with Crippen molar-refractivity contribution < 1.29 is 4.79 Å². The zero-order valence-corrected chi connectivity index (χ0v) is 14.9. The molecule has 2 aromatic heterocycles. The van der Waals surface area contributed by atoms with Crippen molar-refractivity contribution in [1.29, 1.82) is 0 Å². The molecule has 124 valence electrons. The summed E-state index contributed by atoms with van der Waals surface area (Å²) in [5.74, 6) is 0.954. The van der Waals surface area contributed by atoms with Gasteiger partial charge in [-0.1, -0.05) is 32.0 Å². The number of aromatic nitrogens is 2. The average Bonchev–Trinajstić information content (AvgIpc) is 3.20. The number of rotatable bonds is 5. The van der Waals surface area contributed by atoms with Crippen LogP contribution in [0.2, 0.25) is 0 Å². The molecular formula is C19H21N3OS. The van der Waals surface area contributed by atoms with Crippen LogP contribution in [0.15, 0.2) is 47.4 Å². The highest BCUT2D eigenvalue weighted by atomic mass is 32.1. The number of carbonyl (C=O) groups excluding carboxylic acids is 1. The lowest BCUT2D eigenvalue weighted by molar-refractivity contribution is -0.118. The van der Waals surface area contributed by atoms with E-state index in [1.807, 2.05) is 54.8 Å². The number of hydrogen-bond acceptors (Lipinski definition) is 3. The Morgan fingerprint density at radius 2 is 2.04 bits per heavy atom. The van der Waals surface area contributed by atoms with Crippen LogP contribution in [0.5, 0.6) is 0 Å². The maximum Gasteiger partial charge on any atom is 0.247 e. The van der Waals surface area contributed by atoms with Crippen molar-refractivity contribution in [3.05, 3.63) is 58.1 Å². The molecule has 0 spiro atoms. The molecule has 0 aliphatic carbocycles. The van der Waals surface area contributed by atoms with Gasteiger partial charge >= 0.3 is 0 Å². The zero-order valence-electron chi connectivity index (χ0n) is 14.0. The zero-order chi connectivity index (χ0) is 17.1. The van der Waals surface area contributed by atoms with E-state index in [-0.39, 0.29) is 17.9 Å². The van der Waals surface area contributed by atoms with Gasteiger partial charge in [0.2, 0.25) is 5.91 Å². The number of nitrogens with zero attached hydrogens (tertiary/aromatic N) is 1. The smallest absolute Gasteiger partial charge is 0.247 e. The van der Waals surface area contributed by atoms with Crippen molar-refractivity contribution >= 4 is 34.4 Å². The predicted octanol–water partition coefficient (Wildman–Crippen LogP) is 4.54. The molecule has 0 aliphatic rings. The number of H-pyrrole nitrogens is 1. The first-order valence-electron chi connectivity index (χ1n) is 8.02. The van der Waals surface area contributed by atoms with Crippen LogP contribution in [0.3, 0.4) is 0 Å². The minimum absolute atomic E-state index is 0.0671. The third-order valence-corrected chi connectivity index (χ3v) is 4.73. The van der Waals surface area contributed by atoms with Gasteiger partial charge in [-0.05, 0) is 42.5 Å². The van der Waals surface area contributed by atoms with Crippen LogP contribution >= 0.6 is 11.3 Å². The van der Waals surface area contributed by atoms with Crippen LogP contribution in [0.1, 0.15) is 37.5 Å². The van der Waals surface area contributed by atoms with E-state index < -0.39 is 0 Å². The van der Waals surface area contributed by atoms with Crippen LogP contribution in [0, 0.1) is 5.92 Å². The third kappa shape index (κ3) is 3.57. The van der Waals surface area contributed by atoms with Gasteiger partial charge in [-0.25, -0.2) is 4.98 Å². The molecule has 1 aromatic carbocycles. The molecule has 2 N–H and O–H groups in total. The summed E-state index contributed by atoms with van der Waals surface area (Å²) in [7, 11) is 0. The standard InChI is InChI=1S/C19H21N3OS/c1-12(2)17(18-20-15-8-4-5-9-16(15)21-18)22-19(23)13(3)11-14-7-6-10-24-14/h4-12,17H,1-3H3,(H,20,21)(H,22,23). The monoisotopic (exact) mass is 339 g/mol. The van der Waals surface area contributed by atoms with Crippen LogP contribution in [-0.2, 0) is 4.79 Å². The second-order valence-electron chi connectivity index (χ2n) is 6.18. The van der Waals surface area contributed by atoms with Crippen LogP contribution in [-0.4, -0.2) is 15.9 Å². The highest BCUT2D eigenvalue weighted by molar-refractivity contribution is 7.10. The molecule has 2 heterocycles. The van der Waals surface area contributed by atoms with Crippen molar-refractivity contribution in [2.24, 2.45) is 5.92 Å². The van der Waals surface area contributed by atoms with Crippen molar-refractivity contribution in [1.82, 2.24) is 15.3 Å². The Morgan fingerprint density at radius 3 is 2.71 bits per heavy atom. The fraction of sp³-hybridized carbons (Fsp3) is 0.263. The van der Waals surface area contributed by atoms with Gasteiger partial charge in [-0.15, -0.1) is 11.3 Å². The lowest BCUT2D eigenvalue weighted by atomic mass is 10.0. The third-order valence-electron chi connectivity index (χ3n) is 3.92. The first-order chi connectivity index (χ1) is 11.5. The van der Waals surface area contributed by atoms with Crippen molar-refractivity contribution in [2.45, 2.75) is 26.8 Å². The summed E-state index contributed by atoms with van der Waals surface area (Å²) in [6.07, 6.45) is 1.91. The minimum atomic E-state index is -0.156. The number of para-hydroxylation sites is 2. The molecule has 0 aliphatic heterocycles. The normalized spacial score (nSPS) is 13.4. The van der Waals surface area contributed by atoms with Crippen LogP contribution in [0.25, 0.3) is 17.1 Å². The molecule has 4 nitrogen and oxygen atoms in total. The van der Waals surface area contributed by atoms with Gasteiger partial charge in [0.15, 0.2) is 0 Å². The number of amides is 1. The maximum absolute atomic E-state index is 12.6. The highest BCUT2D eigenvalue weighted by Crippen LogP contribution is 2.23. The number of nitrogens with one attached hydrogen (secondary N) is 2. The van der Waals surface area contributed by atoms with Crippen molar-refractivity contribution in [2.75, 3.05) is 0 Å². The van der Waals surface area contributed by atoms with Gasteiger partial charge < -0.3 is 10.3 Å². The van der Waals surface area contributed by atoms with E-state index in [2.05, 4.69) is 29.1 Å². The molecule has 0 bridgehead atoms. The van der Waals surface area contributed by atoms with Gasteiger partial charge in [0.05, 0.1) is 17.1 Å². The lowest BCUT2D eigenvalue weighted by Crippen LogP contribution is -2.32. The van der Waals surface area contributed by atoms with E-state index >= 15 is 0 Å². The number of imidazole rings is 1. The lowest BCUT2D eigenvalue weighted by Gasteiger charge is -2.20. The molecule has 0 fully saturated rings. The maximum atomic E-state index is 12.6. The number of fused-ring (bicyclic) bond motifs is 1. The first-order valence-corrected chi connectivity index (χ1v) is 8.90. The summed E-state index contributed by atoms with van der Waals surface area (Å²) < 4.78 is 0. The molecule has 24 heavy (non-hydrogen) atoms. The molecule has 1 amide bonds. The minimum Gasteiger partial charge on any atom is -0.342 e. The summed E-state index contributed by atoms with van der Waals surface area (Å²) in [4.78, 5) is 21.6. The largest absolute Gasteiger partial charge is 0.342 e. The molecule has 5 heteroatoms. The van der Waals surface area contributed by atoms with E-state index in [9.17, 15) is 4.79 Å². The molecule has 0 radical (unpaired) electrons. The fourth-order valence-electron chi connectivity index (χ4n) is 2.58. The molecule has 0 saturated heterocycles. The number of benzene rings is 1. The second-order valence-corrected chi connectivity index (χ2v) is 7.16. The topological polar surface area (TPSA) is 57.8 Å². The molecule has 1 atom stereocenters. The molecule has 3 rings (SSSR count). The van der Waals surface area contributed by atoms with Crippen LogP contribution in [0.4, 0.5) is 0 Å². The first kappa shape index (κ1) is 16.5. The Bertz CT molecular complexity index is 829. The van der Waals surface area contributed by atoms with Crippen molar-refractivity contribution in [3.8, 4) is 0 Å². The quantitative estimate of drug-likeness (QED) is 0.670. The Kier molecular flexibility index (Phi) is 4.81. The SMILES string of the molecule is CC(=Cc1cccs1)C(=O)NC(c1nc2ccccc2[nH]1)C(C)C. The number of aromatic amines is 1. The number of thiophene rings is 1. The van der Waals surface area contributed by atoms with Crippen molar-refractivity contribution in [3.63, 3.8) is 0 Å². The fourth-order valence-corrected chi connectivity index (χ4v) is 3.29. The second kappa shape index (κ2) is 7.01. The van der Waals surface area contributed by atoms with Gasteiger partial charge in [-0.3, -0.25) is 4.79 Å². The summed E-state index contributed by atoms with van der Waals surface area (Å²) in [6, 6.07) is 11.7. The summed E-state index contributed by atoms with van der Waals surface area (Å²) in [6.45, 7) is 6.00. The Morgan fingerprint density at radius 1 is 1.25 bits per heavy atom. The summed E-state index contributed by atoms with van der Waals surface area (Å²) in [5.41, 5.74) is 2.59. The van der Waals surface area contributed by atoms with Gasteiger partial charge in [-0.2, -0.15) is 0 Å². The predicted molar refractivity (Wildman–Crippen MR) is 99.8 cm³/mol. The van der Waals surface area contributed by atoms with E-state index in [1.54, 1.807) is 11.3 Å². The molecule has 0 saturated carbocycles. The Balaban J connectivity index is 1.82. The van der Waals surface area contributed by atoms with Gasteiger partial charge in [0.1, 0.15) is 5.82 Å². The molecular weight excluding hydrogens is 318 g/mol. The molecule has 1 unspecified atom stereocenters.